The molecule has 3 rings (SSSR count). The van der Waals surface area contributed by atoms with E-state index in [-0.39, 0.29) is 6.23 Å². The summed E-state index contributed by atoms with van der Waals surface area (Å²) in [6.07, 6.45) is -0.177. The lowest BCUT2D eigenvalue weighted by molar-refractivity contribution is 0.259. The molecule has 3 nitrogen and oxygen atoms in total. The summed E-state index contributed by atoms with van der Waals surface area (Å²) >= 11 is 5.94. The van der Waals surface area contributed by atoms with Crippen LogP contribution in [0.2, 0.25) is 5.02 Å². The number of nitrogens with one attached hydrogen (secondary N) is 1. The minimum absolute atomic E-state index is 0.177. The van der Waals surface area contributed by atoms with Crippen molar-refractivity contribution in [3.63, 3.8) is 0 Å². The maximum atomic E-state index is 5.94. The first-order valence-corrected chi connectivity index (χ1v) is 6.01. The molecule has 2 aromatic carbocycles. The van der Waals surface area contributed by atoms with E-state index in [1.807, 2.05) is 42.5 Å². The topological polar surface area (TPSA) is 30.5 Å². The number of hydrogen-bond acceptors (Lipinski definition) is 3. The number of methoxy groups -OCH3 is 1. The van der Waals surface area contributed by atoms with E-state index in [1.165, 1.54) is 0 Å². The number of benzene rings is 2. The molecule has 1 atom stereocenters. The number of ether oxygens (including phenoxy) is 2. The Balaban J connectivity index is 1.84. The average molecular weight is 262 g/mol. The van der Waals surface area contributed by atoms with E-state index in [2.05, 4.69) is 5.32 Å². The Hall–Kier alpha value is -1.87. The summed E-state index contributed by atoms with van der Waals surface area (Å²) in [4.78, 5) is 0. The van der Waals surface area contributed by atoms with Crippen molar-refractivity contribution in [1.29, 1.82) is 0 Å². The molecule has 0 unspecified atom stereocenters. The molecule has 0 saturated heterocycles. The molecule has 0 amide bonds. The van der Waals surface area contributed by atoms with E-state index in [0.29, 0.717) is 5.02 Å². The second kappa shape index (κ2) is 4.42. The van der Waals surface area contributed by atoms with Crippen LogP contribution in [0.25, 0.3) is 0 Å². The molecule has 1 heterocycles. The first-order valence-electron chi connectivity index (χ1n) is 5.63. The van der Waals surface area contributed by atoms with Gasteiger partial charge in [0, 0.05) is 10.6 Å². The molecule has 92 valence electrons. The molecular formula is C14H12ClNO2. The third kappa shape index (κ3) is 1.97. The van der Waals surface area contributed by atoms with Crippen molar-refractivity contribution in [3.8, 4) is 11.5 Å². The predicted molar refractivity (Wildman–Crippen MR) is 71.4 cm³/mol. The van der Waals surface area contributed by atoms with Crippen molar-refractivity contribution in [2.24, 2.45) is 0 Å². The van der Waals surface area contributed by atoms with Crippen molar-refractivity contribution in [1.82, 2.24) is 0 Å². The Morgan fingerprint density at radius 2 is 1.94 bits per heavy atom. The second-order valence-corrected chi connectivity index (χ2v) is 4.49. The zero-order valence-corrected chi connectivity index (χ0v) is 10.6. The highest BCUT2D eigenvalue weighted by Crippen LogP contribution is 2.39. The van der Waals surface area contributed by atoms with Gasteiger partial charge in [-0.15, -0.1) is 0 Å². The minimum atomic E-state index is -0.177. The Bertz CT molecular complexity index is 569. The van der Waals surface area contributed by atoms with Crippen molar-refractivity contribution < 1.29 is 9.47 Å². The number of fused-ring (bicyclic) bond motifs is 1. The molecule has 0 bridgehead atoms. The molecular weight excluding hydrogens is 250 g/mol. The predicted octanol–water partition coefficient (Wildman–Crippen LogP) is 3.85. The Kier molecular flexibility index (Phi) is 2.76. The maximum Gasteiger partial charge on any atom is 0.196 e. The molecule has 0 radical (unpaired) electrons. The third-order valence-corrected chi connectivity index (χ3v) is 3.13. The standard InChI is InChI=1S/C14H12ClNO2/c1-17-11-5-2-9(3-6-11)14-16-12-8-10(15)4-7-13(12)18-14/h2-8,14,16H,1H3/t14-/m1/s1. The quantitative estimate of drug-likeness (QED) is 0.891. The van der Waals surface area contributed by atoms with Gasteiger partial charge in [0.15, 0.2) is 6.23 Å². The first-order chi connectivity index (χ1) is 8.76. The summed E-state index contributed by atoms with van der Waals surface area (Å²) in [5.74, 6) is 1.65. The van der Waals surface area contributed by atoms with Gasteiger partial charge in [-0.25, -0.2) is 0 Å². The van der Waals surface area contributed by atoms with E-state index < -0.39 is 0 Å². The lowest BCUT2D eigenvalue weighted by atomic mass is 10.2. The molecule has 2 aromatic rings. The number of hydrogen-bond donors (Lipinski definition) is 1. The summed E-state index contributed by atoms with van der Waals surface area (Å²) < 4.78 is 10.9. The zero-order chi connectivity index (χ0) is 12.5. The van der Waals surface area contributed by atoms with Gasteiger partial charge in [0.2, 0.25) is 0 Å². The second-order valence-electron chi connectivity index (χ2n) is 4.06. The van der Waals surface area contributed by atoms with Crippen molar-refractivity contribution in [3.05, 3.63) is 53.1 Å². The molecule has 1 aliphatic rings. The largest absolute Gasteiger partial charge is 0.497 e. The summed E-state index contributed by atoms with van der Waals surface area (Å²) in [7, 11) is 1.65. The Morgan fingerprint density at radius 3 is 2.67 bits per heavy atom. The van der Waals surface area contributed by atoms with Crippen molar-refractivity contribution in [2.45, 2.75) is 6.23 Å². The number of rotatable bonds is 2. The highest BCUT2D eigenvalue weighted by Gasteiger charge is 2.23. The molecule has 4 heteroatoms. The van der Waals surface area contributed by atoms with Crippen LogP contribution in [0.15, 0.2) is 42.5 Å². The van der Waals surface area contributed by atoms with Gasteiger partial charge in [-0.3, -0.25) is 0 Å². The Morgan fingerprint density at radius 1 is 1.17 bits per heavy atom. The highest BCUT2D eigenvalue weighted by molar-refractivity contribution is 6.30. The van der Waals surface area contributed by atoms with Crippen LogP contribution in [0.1, 0.15) is 11.8 Å². The van der Waals surface area contributed by atoms with Crippen LogP contribution in [0.4, 0.5) is 5.69 Å². The van der Waals surface area contributed by atoms with Gasteiger partial charge in [-0.2, -0.15) is 0 Å². The molecule has 1 N–H and O–H groups in total. The van der Waals surface area contributed by atoms with E-state index >= 15 is 0 Å². The fourth-order valence-electron chi connectivity index (χ4n) is 1.95. The van der Waals surface area contributed by atoms with E-state index in [4.69, 9.17) is 21.1 Å². The van der Waals surface area contributed by atoms with Gasteiger partial charge in [0.25, 0.3) is 0 Å². The molecule has 0 spiro atoms. The SMILES string of the molecule is COc1ccc([C@@H]2Nc3cc(Cl)ccc3O2)cc1. The molecule has 1 aliphatic heterocycles. The molecule has 0 saturated carbocycles. The van der Waals surface area contributed by atoms with Crippen LogP contribution < -0.4 is 14.8 Å². The van der Waals surface area contributed by atoms with Crippen molar-refractivity contribution >= 4 is 17.3 Å². The fourth-order valence-corrected chi connectivity index (χ4v) is 2.12. The van der Waals surface area contributed by atoms with E-state index in [1.54, 1.807) is 7.11 Å². The maximum absolute atomic E-state index is 5.94. The van der Waals surface area contributed by atoms with Crippen LogP contribution in [0.3, 0.4) is 0 Å². The average Bonchev–Trinajstić information content (AvgIpc) is 2.81. The Labute approximate surface area is 110 Å². The molecule has 0 aromatic heterocycles. The zero-order valence-electron chi connectivity index (χ0n) is 9.81. The van der Waals surface area contributed by atoms with Crippen molar-refractivity contribution in [2.75, 3.05) is 12.4 Å². The van der Waals surface area contributed by atoms with Gasteiger partial charge in [-0.1, -0.05) is 11.6 Å². The fraction of sp³-hybridized carbons (Fsp3) is 0.143. The van der Waals surface area contributed by atoms with E-state index in [0.717, 1.165) is 22.7 Å². The lowest BCUT2D eigenvalue weighted by Crippen LogP contribution is -2.09. The summed E-state index contributed by atoms with van der Waals surface area (Å²) in [5, 5.41) is 3.98. The monoisotopic (exact) mass is 261 g/mol. The molecule has 0 fully saturated rings. The third-order valence-electron chi connectivity index (χ3n) is 2.89. The smallest absolute Gasteiger partial charge is 0.196 e. The van der Waals surface area contributed by atoms with Crippen LogP contribution in [0.5, 0.6) is 11.5 Å². The van der Waals surface area contributed by atoms with E-state index in [9.17, 15) is 0 Å². The first kappa shape index (κ1) is 11.2. The van der Waals surface area contributed by atoms with Crippen LogP contribution in [0, 0.1) is 0 Å². The van der Waals surface area contributed by atoms with Gasteiger partial charge >= 0.3 is 0 Å². The van der Waals surface area contributed by atoms with Gasteiger partial charge < -0.3 is 14.8 Å². The number of anilines is 1. The number of halogens is 1. The van der Waals surface area contributed by atoms with Crippen LogP contribution >= 0.6 is 11.6 Å². The summed E-state index contributed by atoms with van der Waals surface area (Å²) in [5.41, 5.74) is 1.96. The van der Waals surface area contributed by atoms with Crippen LogP contribution in [-0.2, 0) is 0 Å². The normalized spacial score (nSPS) is 16.7. The van der Waals surface area contributed by atoms with Gasteiger partial charge in [0.1, 0.15) is 11.5 Å². The lowest BCUT2D eigenvalue weighted by Gasteiger charge is -2.11. The summed E-state index contributed by atoms with van der Waals surface area (Å²) in [6.45, 7) is 0. The van der Waals surface area contributed by atoms with Gasteiger partial charge in [-0.05, 0) is 42.5 Å². The molecule has 18 heavy (non-hydrogen) atoms. The minimum Gasteiger partial charge on any atom is -0.497 e. The van der Waals surface area contributed by atoms with Gasteiger partial charge in [0.05, 0.1) is 12.8 Å². The molecule has 0 aliphatic carbocycles. The highest BCUT2D eigenvalue weighted by atomic mass is 35.5. The van der Waals surface area contributed by atoms with Crippen LogP contribution in [-0.4, -0.2) is 7.11 Å². The summed E-state index contributed by atoms with van der Waals surface area (Å²) in [6, 6.07) is 13.3.